The van der Waals surface area contributed by atoms with E-state index in [1.807, 2.05) is 6.07 Å². The first-order valence-electron chi connectivity index (χ1n) is 22.0. The van der Waals surface area contributed by atoms with Crippen molar-refractivity contribution in [3.8, 4) is 44.5 Å². The molecule has 11 aromatic rings. The smallest absolute Gasteiger partial charge is 0.159 e. The largest absolute Gasteiger partial charge is 0.456 e. The van der Waals surface area contributed by atoms with Gasteiger partial charge in [-0.05, 0) is 121 Å². The summed E-state index contributed by atoms with van der Waals surface area (Å²) in [5, 5.41) is 4.27. The maximum absolute atomic E-state index is 7.19. The lowest BCUT2D eigenvalue weighted by Crippen LogP contribution is -2.18. The summed E-state index contributed by atoms with van der Waals surface area (Å²) in [4.78, 5) is 2.45. The zero-order valence-corrected chi connectivity index (χ0v) is 35.7. The van der Waals surface area contributed by atoms with Crippen LogP contribution in [0.2, 0.25) is 0 Å². The van der Waals surface area contributed by atoms with E-state index in [2.05, 4.69) is 215 Å². The third kappa shape index (κ3) is 5.14. The first kappa shape index (κ1) is 36.1. The molecule has 9 aromatic carbocycles. The van der Waals surface area contributed by atoms with E-state index in [0.717, 1.165) is 72.1 Å². The van der Waals surface area contributed by atoms with Gasteiger partial charge in [0, 0.05) is 43.7 Å². The molecule has 3 nitrogen and oxygen atoms in total. The number of hydrogen-bond acceptors (Lipinski definition) is 3. The van der Waals surface area contributed by atoms with Gasteiger partial charge in [0.25, 0.3) is 0 Å². The molecule has 0 spiro atoms. The van der Waals surface area contributed by atoms with E-state index in [1.54, 1.807) is 0 Å². The Balaban J connectivity index is 1.11. The van der Waals surface area contributed by atoms with Crippen molar-refractivity contribution >= 4 is 60.9 Å². The number of benzene rings is 9. The van der Waals surface area contributed by atoms with Gasteiger partial charge in [-0.2, -0.15) is 0 Å². The summed E-state index contributed by atoms with van der Waals surface area (Å²) in [7, 11) is 0. The molecule has 0 unspecified atom stereocenters. The van der Waals surface area contributed by atoms with Gasteiger partial charge >= 0.3 is 0 Å². The molecular formula is C60H43NO2. The quantitative estimate of drug-likeness (QED) is 0.173. The fraction of sp³-hybridized carbons (Fsp3) is 0.100. The minimum atomic E-state index is -0.180. The summed E-state index contributed by atoms with van der Waals surface area (Å²) in [5.41, 5.74) is 21.4. The van der Waals surface area contributed by atoms with Gasteiger partial charge in [-0.3, -0.25) is 0 Å². The van der Waals surface area contributed by atoms with Gasteiger partial charge in [-0.1, -0.05) is 161 Å². The Kier molecular flexibility index (Phi) is 7.42. The topological polar surface area (TPSA) is 29.5 Å². The van der Waals surface area contributed by atoms with Crippen LogP contribution in [0.5, 0.6) is 0 Å². The molecule has 0 amide bonds. The fourth-order valence-electron chi connectivity index (χ4n) is 11.1. The predicted octanol–water partition coefficient (Wildman–Crippen LogP) is 16.9. The Bertz CT molecular complexity index is 3570. The third-order valence-electron chi connectivity index (χ3n) is 14.3. The van der Waals surface area contributed by atoms with E-state index in [1.165, 1.54) is 55.6 Å². The van der Waals surface area contributed by atoms with Crippen molar-refractivity contribution in [2.45, 2.75) is 38.5 Å². The van der Waals surface area contributed by atoms with E-state index >= 15 is 0 Å². The van der Waals surface area contributed by atoms with Crippen LogP contribution in [0.1, 0.15) is 49.9 Å². The number of rotatable bonds is 5. The normalized spacial score (nSPS) is 14.3. The molecule has 0 saturated carbocycles. The highest BCUT2D eigenvalue weighted by Crippen LogP contribution is 2.55. The number of hydrogen-bond donors (Lipinski definition) is 0. The van der Waals surface area contributed by atoms with Gasteiger partial charge in [0.05, 0.1) is 5.69 Å². The van der Waals surface area contributed by atoms with Crippen LogP contribution in [-0.4, -0.2) is 0 Å². The highest BCUT2D eigenvalue weighted by molar-refractivity contribution is 6.27. The van der Waals surface area contributed by atoms with Crippen molar-refractivity contribution in [3.63, 3.8) is 0 Å². The van der Waals surface area contributed by atoms with Crippen LogP contribution in [0.25, 0.3) is 88.4 Å². The molecule has 300 valence electrons. The van der Waals surface area contributed by atoms with Crippen molar-refractivity contribution < 1.29 is 8.83 Å². The van der Waals surface area contributed by atoms with Crippen molar-refractivity contribution in [3.05, 3.63) is 210 Å². The van der Waals surface area contributed by atoms with Gasteiger partial charge in [0.15, 0.2) is 5.58 Å². The van der Waals surface area contributed by atoms with Gasteiger partial charge < -0.3 is 13.7 Å². The molecule has 0 radical (unpaired) electrons. The number of para-hydroxylation sites is 1. The molecule has 2 heterocycles. The second-order valence-electron chi connectivity index (χ2n) is 18.5. The minimum absolute atomic E-state index is 0.180. The van der Waals surface area contributed by atoms with Gasteiger partial charge in [-0.15, -0.1) is 0 Å². The summed E-state index contributed by atoms with van der Waals surface area (Å²) in [6.45, 7) is 9.44. The van der Waals surface area contributed by atoms with Crippen LogP contribution in [-0.2, 0) is 10.8 Å². The van der Waals surface area contributed by atoms with Crippen LogP contribution in [0, 0.1) is 0 Å². The maximum Gasteiger partial charge on any atom is 0.159 e. The Morgan fingerprint density at radius 2 is 0.841 bits per heavy atom. The Hall–Kier alpha value is -7.62. The molecule has 2 aliphatic carbocycles. The molecule has 63 heavy (non-hydrogen) atoms. The lowest BCUT2D eigenvalue weighted by atomic mass is 9.82. The molecular weight excluding hydrogens is 767 g/mol. The number of furan rings is 2. The summed E-state index contributed by atoms with van der Waals surface area (Å²) in [6, 6.07) is 68.6. The lowest BCUT2D eigenvalue weighted by molar-refractivity contribution is 0.659. The van der Waals surface area contributed by atoms with Gasteiger partial charge in [-0.25, -0.2) is 0 Å². The van der Waals surface area contributed by atoms with Crippen LogP contribution >= 0.6 is 0 Å². The van der Waals surface area contributed by atoms with E-state index in [4.69, 9.17) is 8.83 Å². The Labute approximate surface area is 366 Å². The first-order valence-corrected chi connectivity index (χ1v) is 22.0. The highest BCUT2D eigenvalue weighted by atomic mass is 16.3. The molecule has 0 aliphatic heterocycles. The SMILES string of the molecule is CC1(C)c2ccccc2-c2ccc(N(c3ccc4c(c3)C(C)(C)c3ccccc3-4)c3cc(-c4ccc(-c5ccccc5)cc4)cc4c3oc3ccc5oc6ccccc6c5c34)cc21. The number of nitrogens with zero attached hydrogens (tertiary/aromatic N) is 1. The second-order valence-corrected chi connectivity index (χ2v) is 18.5. The standard InChI is InChI=1S/C60H43NO2/c1-59(2)48-19-11-8-16-42(48)44-28-26-40(34-50(44)59)61(41-27-29-45-43-17-9-12-20-49(43)60(3,4)51(45)35-41)52-33-39(38-24-22-37(23-25-38)36-14-6-5-7-15-36)32-47-57-55(63-58(47)52)31-30-54-56(57)46-18-10-13-21-53(46)62-54/h5-35H,1-4H3. The summed E-state index contributed by atoms with van der Waals surface area (Å²) in [5.74, 6) is 0. The van der Waals surface area contributed by atoms with Crippen molar-refractivity contribution in [2.24, 2.45) is 0 Å². The zero-order valence-electron chi connectivity index (χ0n) is 35.7. The molecule has 3 heteroatoms. The Morgan fingerprint density at radius 1 is 0.349 bits per heavy atom. The molecule has 0 bridgehead atoms. The van der Waals surface area contributed by atoms with Crippen LogP contribution in [0.3, 0.4) is 0 Å². The summed E-state index contributed by atoms with van der Waals surface area (Å²) < 4.78 is 13.7. The fourth-order valence-corrected chi connectivity index (χ4v) is 11.1. The second kappa shape index (κ2) is 13.0. The zero-order chi connectivity index (χ0) is 42.2. The maximum atomic E-state index is 7.19. The van der Waals surface area contributed by atoms with Gasteiger partial charge in [0.1, 0.15) is 16.7 Å². The Morgan fingerprint density at radius 3 is 1.48 bits per heavy atom. The van der Waals surface area contributed by atoms with Gasteiger partial charge in [0.2, 0.25) is 0 Å². The summed E-state index contributed by atoms with van der Waals surface area (Å²) in [6.07, 6.45) is 0. The monoisotopic (exact) mass is 809 g/mol. The molecule has 13 rings (SSSR count). The number of anilines is 3. The molecule has 2 aliphatic rings. The van der Waals surface area contributed by atoms with E-state index < -0.39 is 0 Å². The molecule has 2 aromatic heterocycles. The molecule has 0 N–H and O–H groups in total. The molecule has 0 saturated heterocycles. The lowest BCUT2D eigenvalue weighted by Gasteiger charge is -2.30. The predicted molar refractivity (Wildman–Crippen MR) is 262 cm³/mol. The van der Waals surface area contributed by atoms with E-state index in [0.29, 0.717) is 0 Å². The van der Waals surface area contributed by atoms with Crippen LogP contribution in [0.15, 0.2) is 197 Å². The van der Waals surface area contributed by atoms with Crippen LogP contribution < -0.4 is 4.90 Å². The average molecular weight is 810 g/mol. The average Bonchev–Trinajstić information content (AvgIpc) is 4.02. The van der Waals surface area contributed by atoms with Crippen molar-refractivity contribution in [1.29, 1.82) is 0 Å². The van der Waals surface area contributed by atoms with E-state index in [-0.39, 0.29) is 10.8 Å². The highest BCUT2D eigenvalue weighted by Gasteiger charge is 2.38. The molecule has 0 fully saturated rings. The summed E-state index contributed by atoms with van der Waals surface area (Å²) >= 11 is 0. The van der Waals surface area contributed by atoms with Crippen molar-refractivity contribution in [1.82, 2.24) is 0 Å². The molecule has 0 atom stereocenters. The van der Waals surface area contributed by atoms with Crippen molar-refractivity contribution in [2.75, 3.05) is 4.90 Å². The number of fused-ring (bicyclic) bond motifs is 13. The minimum Gasteiger partial charge on any atom is -0.456 e. The van der Waals surface area contributed by atoms with Crippen LogP contribution in [0.4, 0.5) is 17.1 Å². The first-order chi connectivity index (χ1) is 30.7. The van der Waals surface area contributed by atoms with E-state index in [9.17, 15) is 0 Å². The third-order valence-corrected chi connectivity index (χ3v) is 14.3.